The molecule has 0 aliphatic carbocycles. The molecule has 0 bridgehead atoms. The van der Waals surface area contributed by atoms with Crippen molar-refractivity contribution in [1.29, 1.82) is 0 Å². The molecule has 1 N–H and O–H groups in total. The Morgan fingerprint density at radius 2 is 1.75 bits per heavy atom. The molecule has 0 unspecified atom stereocenters. The molecule has 0 aliphatic rings. The topological polar surface area (TPSA) is 20.2 Å². The first kappa shape index (κ1) is 7.70. The summed E-state index contributed by atoms with van der Waals surface area (Å²) >= 11 is 0. The lowest BCUT2D eigenvalue weighted by Crippen LogP contribution is -2.08. The fourth-order valence-electron chi connectivity index (χ4n) is 0.482. The van der Waals surface area contributed by atoms with E-state index < -0.39 is 0 Å². The third kappa shape index (κ3) is 2.12. The van der Waals surface area contributed by atoms with Crippen molar-refractivity contribution in [3.05, 3.63) is 12.2 Å². The second-order valence-electron chi connectivity index (χ2n) is 2.41. The monoisotopic (exact) mass is 114 g/mol. The van der Waals surface area contributed by atoms with Crippen LogP contribution in [0.2, 0.25) is 0 Å². The SMILES string of the molecule is C=C(C(C)C)[C@H](C)O. The lowest BCUT2D eigenvalue weighted by atomic mass is 10.0. The molecule has 1 heteroatoms. The molecule has 48 valence electrons. The van der Waals surface area contributed by atoms with Crippen molar-refractivity contribution >= 4 is 0 Å². The first-order chi connectivity index (χ1) is 3.55. The summed E-state index contributed by atoms with van der Waals surface area (Å²) in [7, 11) is 0. The molecule has 0 aromatic carbocycles. The minimum atomic E-state index is -0.352. The fourth-order valence-corrected chi connectivity index (χ4v) is 0.482. The average Bonchev–Trinajstić information content (AvgIpc) is 1.64. The van der Waals surface area contributed by atoms with Gasteiger partial charge >= 0.3 is 0 Å². The zero-order valence-electron chi connectivity index (χ0n) is 5.81. The van der Waals surface area contributed by atoms with Gasteiger partial charge in [0.1, 0.15) is 0 Å². The fraction of sp³-hybridized carbons (Fsp3) is 0.714. The van der Waals surface area contributed by atoms with Crippen molar-refractivity contribution in [3.63, 3.8) is 0 Å². The maximum absolute atomic E-state index is 8.89. The minimum absolute atomic E-state index is 0.352. The van der Waals surface area contributed by atoms with Gasteiger partial charge in [0.15, 0.2) is 0 Å². The van der Waals surface area contributed by atoms with E-state index in [2.05, 4.69) is 6.58 Å². The van der Waals surface area contributed by atoms with Crippen molar-refractivity contribution in [2.75, 3.05) is 0 Å². The van der Waals surface area contributed by atoms with Crippen molar-refractivity contribution in [2.45, 2.75) is 26.9 Å². The second-order valence-corrected chi connectivity index (χ2v) is 2.41. The van der Waals surface area contributed by atoms with E-state index in [0.29, 0.717) is 5.92 Å². The van der Waals surface area contributed by atoms with Gasteiger partial charge in [0, 0.05) is 0 Å². The van der Waals surface area contributed by atoms with Crippen LogP contribution in [0, 0.1) is 5.92 Å². The Balaban J connectivity index is 3.65. The Morgan fingerprint density at radius 1 is 1.38 bits per heavy atom. The van der Waals surface area contributed by atoms with Gasteiger partial charge in [-0.3, -0.25) is 0 Å². The van der Waals surface area contributed by atoms with Gasteiger partial charge in [-0.2, -0.15) is 0 Å². The normalized spacial score (nSPS) is 14.1. The molecule has 1 atom stereocenters. The van der Waals surface area contributed by atoms with Crippen LogP contribution in [0.25, 0.3) is 0 Å². The maximum Gasteiger partial charge on any atom is 0.0721 e. The quantitative estimate of drug-likeness (QED) is 0.540. The Hall–Kier alpha value is -0.300. The molecular formula is C7H14O. The third-order valence-corrected chi connectivity index (χ3v) is 1.28. The van der Waals surface area contributed by atoms with E-state index >= 15 is 0 Å². The predicted molar refractivity (Wildman–Crippen MR) is 35.7 cm³/mol. The van der Waals surface area contributed by atoms with Crippen LogP contribution in [0.1, 0.15) is 20.8 Å². The summed E-state index contributed by atoms with van der Waals surface area (Å²) in [6, 6.07) is 0. The Kier molecular flexibility index (Phi) is 2.77. The number of hydrogen-bond acceptors (Lipinski definition) is 1. The van der Waals surface area contributed by atoms with Gasteiger partial charge in [0.2, 0.25) is 0 Å². The van der Waals surface area contributed by atoms with Crippen molar-refractivity contribution < 1.29 is 5.11 Å². The highest BCUT2D eigenvalue weighted by Gasteiger charge is 2.04. The molecule has 0 saturated carbocycles. The summed E-state index contributed by atoms with van der Waals surface area (Å²) in [5, 5.41) is 8.89. The number of rotatable bonds is 2. The molecule has 0 aliphatic heterocycles. The molecule has 0 fully saturated rings. The van der Waals surface area contributed by atoms with E-state index in [-0.39, 0.29) is 6.10 Å². The summed E-state index contributed by atoms with van der Waals surface area (Å²) in [5.41, 5.74) is 0.907. The zero-order valence-corrected chi connectivity index (χ0v) is 5.81. The van der Waals surface area contributed by atoms with Gasteiger partial charge in [-0.1, -0.05) is 20.4 Å². The van der Waals surface area contributed by atoms with Crippen LogP contribution in [0.4, 0.5) is 0 Å². The summed E-state index contributed by atoms with van der Waals surface area (Å²) in [4.78, 5) is 0. The van der Waals surface area contributed by atoms with Crippen LogP contribution in [-0.4, -0.2) is 11.2 Å². The zero-order chi connectivity index (χ0) is 6.73. The molecule has 0 spiro atoms. The summed E-state index contributed by atoms with van der Waals surface area (Å²) in [5.74, 6) is 0.398. The van der Waals surface area contributed by atoms with Gasteiger partial charge in [0.05, 0.1) is 6.10 Å². The van der Waals surface area contributed by atoms with Crippen LogP contribution in [-0.2, 0) is 0 Å². The van der Waals surface area contributed by atoms with Crippen LogP contribution < -0.4 is 0 Å². The summed E-state index contributed by atoms with van der Waals surface area (Å²) in [6.45, 7) is 9.49. The lowest BCUT2D eigenvalue weighted by molar-refractivity contribution is 0.221. The second kappa shape index (κ2) is 2.88. The summed E-state index contributed by atoms with van der Waals surface area (Å²) in [6.07, 6.45) is -0.352. The highest BCUT2D eigenvalue weighted by molar-refractivity contribution is 5.02. The highest BCUT2D eigenvalue weighted by Crippen LogP contribution is 2.09. The molecule has 0 aromatic rings. The molecule has 0 rings (SSSR count). The standard InChI is InChI=1S/C7H14O/c1-5(2)6(3)7(4)8/h5,7-8H,3H2,1-2,4H3/t7-/m0/s1. The molecule has 0 heterocycles. The van der Waals surface area contributed by atoms with E-state index in [1.54, 1.807) is 6.92 Å². The number of hydrogen-bond donors (Lipinski definition) is 1. The molecule has 0 amide bonds. The lowest BCUT2D eigenvalue weighted by Gasteiger charge is -2.10. The minimum Gasteiger partial charge on any atom is -0.389 e. The van der Waals surface area contributed by atoms with Crippen molar-refractivity contribution in [2.24, 2.45) is 5.92 Å². The van der Waals surface area contributed by atoms with Gasteiger partial charge in [-0.25, -0.2) is 0 Å². The predicted octanol–water partition coefficient (Wildman–Crippen LogP) is 1.58. The first-order valence-corrected chi connectivity index (χ1v) is 2.92. The average molecular weight is 114 g/mol. The smallest absolute Gasteiger partial charge is 0.0721 e. The van der Waals surface area contributed by atoms with Gasteiger partial charge in [-0.05, 0) is 18.4 Å². The Labute approximate surface area is 51.0 Å². The molecule has 0 aromatic heterocycles. The van der Waals surface area contributed by atoms with E-state index in [1.807, 2.05) is 13.8 Å². The third-order valence-electron chi connectivity index (χ3n) is 1.28. The van der Waals surface area contributed by atoms with Crippen LogP contribution in [0.5, 0.6) is 0 Å². The van der Waals surface area contributed by atoms with Gasteiger partial charge in [-0.15, -0.1) is 0 Å². The van der Waals surface area contributed by atoms with E-state index in [1.165, 1.54) is 0 Å². The highest BCUT2D eigenvalue weighted by atomic mass is 16.3. The van der Waals surface area contributed by atoms with Crippen LogP contribution in [0.3, 0.4) is 0 Å². The Morgan fingerprint density at radius 3 is 1.75 bits per heavy atom. The molecule has 8 heavy (non-hydrogen) atoms. The molecule has 1 nitrogen and oxygen atoms in total. The largest absolute Gasteiger partial charge is 0.389 e. The number of aliphatic hydroxyl groups excluding tert-OH is 1. The maximum atomic E-state index is 8.89. The van der Waals surface area contributed by atoms with E-state index in [0.717, 1.165) is 5.57 Å². The van der Waals surface area contributed by atoms with Gasteiger partial charge in [0.25, 0.3) is 0 Å². The van der Waals surface area contributed by atoms with Gasteiger partial charge < -0.3 is 5.11 Å². The van der Waals surface area contributed by atoms with E-state index in [9.17, 15) is 0 Å². The summed E-state index contributed by atoms with van der Waals surface area (Å²) < 4.78 is 0. The van der Waals surface area contributed by atoms with Crippen molar-refractivity contribution in [1.82, 2.24) is 0 Å². The van der Waals surface area contributed by atoms with Crippen molar-refractivity contribution in [3.8, 4) is 0 Å². The Bertz CT molecular complexity index is 72.4. The molecular weight excluding hydrogens is 100 g/mol. The first-order valence-electron chi connectivity index (χ1n) is 2.92. The molecule has 0 radical (unpaired) electrons. The van der Waals surface area contributed by atoms with Crippen LogP contribution >= 0.6 is 0 Å². The number of aliphatic hydroxyl groups is 1. The van der Waals surface area contributed by atoms with Crippen LogP contribution in [0.15, 0.2) is 12.2 Å². The van der Waals surface area contributed by atoms with E-state index in [4.69, 9.17) is 5.11 Å². The molecule has 0 saturated heterocycles.